The maximum absolute atomic E-state index is 12.1. The van der Waals surface area contributed by atoms with E-state index in [2.05, 4.69) is 29.0 Å². The van der Waals surface area contributed by atoms with E-state index in [1.165, 1.54) is 17.5 Å². The van der Waals surface area contributed by atoms with Crippen molar-refractivity contribution in [1.82, 2.24) is 4.90 Å². The normalized spacial score (nSPS) is 22.8. The minimum atomic E-state index is -2.99. The average molecular weight is 324 g/mol. The monoisotopic (exact) mass is 324 g/mol. The number of benzene rings is 1. The van der Waals surface area contributed by atoms with Crippen LogP contribution < -0.4 is 4.90 Å². The largest absolute Gasteiger partial charge is 0.377 e. The highest BCUT2D eigenvalue weighted by molar-refractivity contribution is 7.91. The maximum atomic E-state index is 12.1. The molecule has 22 heavy (non-hydrogen) atoms. The number of hydrogen-bond donors (Lipinski definition) is 0. The van der Waals surface area contributed by atoms with Crippen molar-refractivity contribution >= 4 is 15.5 Å². The van der Waals surface area contributed by atoms with Crippen LogP contribution in [0.2, 0.25) is 0 Å². The van der Waals surface area contributed by atoms with Gasteiger partial charge in [-0.25, -0.2) is 8.42 Å². The summed E-state index contributed by atoms with van der Waals surface area (Å²) in [6.07, 6.45) is 5.30. The van der Waals surface area contributed by atoms with Gasteiger partial charge in [0, 0.05) is 38.6 Å². The summed E-state index contributed by atoms with van der Waals surface area (Å²) in [5, 5.41) is -0.224. The third-order valence-corrected chi connectivity index (χ3v) is 6.33. The highest BCUT2D eigenvalue weighted by atomic mass is 32.2. The predicted molar refractivity (Wildman–Crippen MR) is 93.1 cm³/mol. The molecule has 1 aliphatic carbocycles. The van der Waals surface area contributed by atoms with Gasteiger partial charge in [0.2, 0.25) is 0 Å². The highest BCUT2D eigenvalue weighted by Crippen LogP contribution is 2.29. The van der Waals surface area contributed by atoms with Gasteiger partial charge in [-0.15, -0.1) is 0 Å². The van der Waals surface area contributed by atoms with Gasteiger partial charge in [-0.3, -0.25) is 4.90 Å². The molecule has 4 nitrogen and oxygen atoms in total. The van der Waals surface area contributed by atoms with E-state index in [0.29, 0.717) is 0 Å². The third-order valence-electron chi connectivity index (χ3n) is 4.68. The first-order valence-electron chi connectivity index (χ1n) is 7.95. The smallest absolute Gasteiger partial charge is 0.151 e. The molecule has 1 aromatic rings. The summed E-state index contributed by atoms with van der Waals surface area (Å²) >= 11 is 0. The summed E-state index contributed by atoms with van der Waals surface area (Å²) in [5.41, 5.74) is 2.44. The molecule has 124 valence electrons. The van der Waals surface area contributed by atoms with Gasteiger partial charge in [-0.1, -0.05) is 31.0 Å². The van der Waals surface area contributed by atoms with Crippen LogP contribution in [0.1, 0.15) is 31.2 Å². The van der Waals surface area contributed by atoms with E-state index in [1.54, 1.807) is 0 Å². The molecule has 1 fully saturated rings. The second kappa shape index (κ2) is 7.01. The zero-order valence-electron chi connectivity index (χ0n) is 14.1. The molecular weight excluding hydrogens is 296 g/mol. The fourth-order valence-corrected chi connectivity index (χ4v) is 5.06. The predicted octanol–water partition coefficient (Wildman–Crippen LogP) is 2.54. The molecule has 0 saturated heterocycles. The number of nitrogens with zero attached hydrogens (tertiary/aromatic N) is 2. The summed E-state index contributed by atoms with van der Waals surface area (Å²) in [7, 11) is 3.15. The zero-order chi connectivity index (χ0) is 16.3. The van der Waals surface area contributed by atoms with Gasteiger partial charge in [0.05, 0.1) is 5.25 Å². The summed E-state index contributed by atoms with van der Waals surface area (Å²) < 4.78 is 24.2. The molecule has 0 amide bonds. The molecule has 2 atom stereocenters. The first-order chi connectivity index (χ1) is 10.3. The standard InChI is InChI=1S/C17H28N2O2S/c1-18(2)15-10-6-5-9-14(15)13-19(3)16-11-7-8-12-17(16)22(4,20)21/h5-6,9-10,16-17H,7-8,11-13H2,1-4H3/t16-,17+/m0/s1. The number of para-hydroxylation sites is 1. The average Bonchev–Trinajstić information content (AvgIpc) is 2.46. The van der Waals surface area contributed by atoms with Crippen molar-refractivity contribution in [2.75, 3.05) is 32.3 Å². The lowest BCUT2D eigenvalue weighted by Crippen LogP contribution is -2.46. The van der Waals surface area contributed by atoms with Gasteiger partial charge in [-0.05, 0) is 31.5 Å². The zero-order valence-corrected chi connectivity index (χ0v) is 14.9. The van der Waals surface area contributed by atoms with Crippen LogP contribution in [0.25, 0.3) is 0 Å². The van der Waals surface area contributed by atoms with Gasteiger partial charge in [0.15, 0.2) is 9.84 Å². The van der Waals surface area contributed by atoms with Crippen LogP contribution in [0.5, 0.6) is 0 Å². The first kappa shape index (κ1) is 17.3. The molecule has 5 heteroatoms. The van der Waals surface area contributed by atoms with E-state index in [1.807, 2.05) is 26.2 Å². The van der Waals surface area contributed by atoms with Gasteiger partial charge in [-0.2, -0.15) is 0 Å². The van der Waals surface area contributed by atoms with E-state index in [0.717, 1.165) is 32.2 Å². The quantitative estimate of drug-likeness (QED) is 0.834. The van der Waals surface area contributed by atoms with Crippen molar-refractivity contribution in [3.8, 4) is 0 Å². The molecule has 0 bridgehead atoms. The van der Waals surface area contributed by atoms with Crippen LogP contribution in [0.4, 0.5) is 5.69 Å². The Morgan fingerprint density at radius 2 is 1.73 bits per heavy atom. The molecule has 0 N–H and O–H groups in total. The molecule has 0 radical (unpaired) electrons. The Hall–Kier alpha value is -1.07. The number of rotatable bonds is 5. The minimum absolute atomic E-state index is 0.124. The second-order valence-electron chi connectivity index (χ2n) is 6.66. The molecule has 0 unspecified atom stereocenters. The summed E-state index contributed by atoms with van der Waals surface area (Å²) in [4.78, 5) is 4.34. The molecule has 0 heterocycles. The van der Waals surface area contributed by atoms with E-state index >= 15 is 0 Å². The van der Waals surface area contributed by atoms with Crippen LogP contribution in [-0.4, -0.2) is 52.0 Å². The maximum Gasteiger partial charge on any atom is 0.151 e. The van der Waals surface area contributed by atoms with Crippen LogP contribution in [-0.2, 0) is 16.4 Å². The fraction of sp³-hybridized carbons (Fsp3) is 0.647. The number of sulfone groups is 1. The van der Waals surface area contributed by atoms with Crippen molar-refractivity contribution in [3.05, 3.63) is 29.8 Å². The first-order valence-corrected chi connectivity index (χ1v) is 9.90. The molecule has 0 aromatic heterocycles. The fourth-order valence-electron chi connectivity index (χ4n) is 3.55. The van der Waals surface area contributed by atoms with E-state index in [-0.39, 0.29) is 11.3 Å². The Bertz CT molecular complexity index is 598. The van der Waals surface area contributed by atoms with Gasteiger partial charge in [0.1, 0.15) is 0 Å². The third kappa shape index (κ3) is 4.02. The molecule has 0 spiro atoms. The van der Waals surface area contributed by atoms with E-state index < -0.39 is 9.84 Å². The SMILES string of the molecule is CN(C)c1ccccc1CN(C)[C@H]1CCCC[C@H]1S(C)(=O)=O. The van der Waals surface area contributed by atoms with Gasteiger partial charge < -0.3 is 4.90 Å². The van der Waals surface area contributed by atoms with E-state index in [9.17, 15) is 8.42 Å². The Morgan fingerprint density at radius 3 is 2.36 bits per heavy atom. The van der Waals surface area contributed by atoms with Crippen LogP contribution in [0.3, 0.4) is 0 Å². The van der Waals surface area contributed by atoms with E-state index in [4.69, 9.17) is 0 Å². The lowest BCUT2D eigenvalue weighted by atomic mass is 9.93. The highest BCUT2D eigenvalue weighted by Gasteiger charge is 2.35. The minimum Gasteiger partial charge on any atom is -0.377 e. The summed E-state index contributed by atoms with van der Waals surface area (Å²) in [5.74, 6) is 0. The van der Waals surface area contributed by atoms with Crippen LogP contribution in [0.15, 0.2) is 24.3 Å². The Labute approximate surface area is 135 Å². The molecule has 1 aromatic carbocycles. The summed E-state index contributed by atoms with van der Waals surface area (Å²) in [6.45, 7) is 0.783. The molecular formula is C17H28N2O2S. The molecule has 1 saturated carbocycles. The molecule has 1 aliphatic rings. The summed E-state index contributed by atoms with van der Waals surface area (Å²) in [6, 6.07) is 8.45. The Morgan fingerprint density at radius 1 is 1.09 bits per heavy atom. The number of anilines is 1. The van der Waals surface area contributed by atoms with Crippen molar-refractivity contribution in [2.24, 2.45) is 0 Å². The Balaban J connectivity index is 2.19. The van der Waals surface area contributed by atoms with Crippen molar-refractivity contribution in [3.63, 3.8) is 0 Å². The van der Waals surface area contributed by atoms with Crippen molar-refractivity contribution in [2.45, 2.75) is 43.5 Å². The molecule has 2 rings (SSSR count). The van der Waals surface area contributed by atoms with Crippen LogP contribution >= 0.6 is 0 Å². The second-order valence-corrected chi connectivity index (χ2v) is 8.92. The molecule has 0 aliphatic heterocycles. The van der Waals surface area contributed by atoms with Crippen molar-refractivity contribution < 1.29 is 8.42 Å². The lowest BCUT2D eigenvalue weighted by molar-refractivity contribution is 0.187. The van der Waals surface area contributed by atoms with Gasteiger partial charge in [0.25, 0.3) is 0 Å². The lowest BCUT2D eigenvalue weighted by Gasteiger charge is -2.37. The van der Waals surface area contributed by atoms with Crippen LogP contribution in [0, 0.1) is 0 Å². The number of hydrogen-bond acceptors (Lipinski definition) is 4. The Kier molecular flexibility index (Phi) is 5.50. The topological polar surface area (TPSA) is 40.6 Å². The van der Waals surface area contributed by atoms with Crippen molar-refractivity contribution in [1.29, 1.82) is 0 Å². The van der Waals surface area contributed by atoms with Gasteiger partial charge >= 0.3 is 0 Å².